The molecule has 3 heterocycles. The Kier molecular flexibility index (Phi) is 9.18. The highest BCUT2D eigenvalue weighted by molar-refractivity contribution is 7.22. The standard InChI is InChI=1S/C29H25FN6O4S2/c1-17-14-19(35-36-26(17)34-29-32-21-7-2-3-8-23(21)41-29)16-31-28-33-25(27(38)39)24(42-28)9-5-13-40-22-11-10-18(6-4-12-37)15-20(22)30/h2-3,7-8,10-11,14-15,37H,5,9,12-13,16H2,1H3,(H,31,33)(H,38,39)(H,32,34,36). The number of nitrogens with zero attached hydrogens (tertiary/aromatic N) is 4. The number of carbonyl (C=O) groups is 1. The van der Waals surface area contributed by atoms with Gasteiger partial charge in [0.05, 0.1) is 29.1 Å². The normalized spacial score (nSPS) is 10.7. The number of hydrogen-bond donors (Lipinski definition) is 4. The maximum Gasteiger partial charge on any atom is 0.355 e. The largest absolute Gasteiger partial charge is 0.491 e. The lowest BCUT2D eigenvalue weighted by molar-refractivity contribution is 0.0690. The molecule has 0 atom stereocenters. The minimum Gasteiger partial charge on any atom is -0.491 e. The van der Waals surface area contributed by atoms with Crippen molar-refractivity contribution < 1.29 is 24.1 Å². The van der Waals surface area contributed by atoms with Gasteiger partial charge in [-0.2, -0.15) is 5.10 Å². The van der Waals surface area contributed by atoms with Crippen molar-refractivity contribution in [2.75, 3.05) is 23.8 Å². The van der Waals surface area contributed by atoms with Gasteiger partial charge in [-0.1, -0.05) is 35.3 Å². The number of aliphatic hydroxyl groups is 1. The first-order valence-corrected chi connectivity index (χ1v) is 14.5. The van der Waals surface area contributed by atoms with Crippen molar-refractivity contribution in [1.29, 1.82) is 0 Å². The van der Waals surface area contributed by atoms with E-state index in [1.165, 1.54) is 34.8 Å². The molecule has 5 aromatic rings. The van der Waals surface area contributed by atoms with Crippen LogP contribution in [0, 0.1) is 24.6 Å². The van der Waals surface area contributed by atoms with Gasteiger partial charge < -0.3 is 25.6 Å². The number of thiazole rings is 2. The molecule has 2 aromatic carbocycles. The summed E-state index contributed by atoms with van der Waals surface area (Å²) >= 11 is 2.78. The second-order valence-corrected chi connectivity index (χ2v) is 11.1. The zero-order chi connectivity index (χ0) is 29.5. The topological polar surface area (TPSA) is 142 Å². The lowest BCUT2D eigenvalue weighted by atomic mass is 10.2. The predicted octanol–water partition coefficient (Wildman–Crippen LogP) is 5.40. The summed E-state index contributed by atoms with van der Waals surface area (Å²) in [6.45, 7) is 2.11. The monoisotopic (exact) mass is 604 g/mol. The van der Waals surface area contributed by atoms with Crippen LogP contribution in [0.15, 0.2) is 48.5 Å². The molecular weight excluding hydrogens is 579 g/mol. The van der Waals surface area contributed by atoms with Gasteiger partial charge in [-0.15, -0.1) is 16.4 Å². The first-order valence-electron chi connectivity index (χ1n) is 12.8. The molecule has 3 aromatic heterocycles. The molecule has 5 rings (SSSR count). The summed E-state index contributed by atoms with van der Waals surface area (Å²) in [6.07, 6.45) is 0.856. The number of aromatic nitrogens is 4. The second kappa shape index (κ2) is 13.3. The second-order valence-electron chi connectivity index (χ2n) is 8.99. The average molecular weight is 605 g/mol. The third-order valence-electron chi connectivity index (χ3n) is 5.92. The number of benzene rings is 2. The van der Waals surface area contributed by atoms with E-state index in [9.17, 15) is 14.3 Å². The van der Waals surface area contributed by atoms with Gasteiger partial charge in [-0.05, 0) is 61.7 Å². The van der Waals surface area contributed by atoms with Crippen LogP contribution in [-0.4, -0.2) is 49.6 Å². The third kappa shape index (κ3) is 7.16. The fourth-order valence-corrected chi connectivity index (χ4v) is 5.81. The highest BCUT2D eigenvalue weighted by atomic mass is 32.1. The number of halogens is 1. The molecule has 42 heavy (non-hydrogen) atoms. The number of ether oxygens (including phenoxy) is 1. The quantitative estimate of drug-likeness (QED) is 0.114. The van der Waals surface area contributed by atoms with Crippen LogP contribution in [0.25, 0.3) is 10.2 Å². The number of rotatable bonds is 11. The van der Waals surface area contributed by atoms with E-state index in [0.29, 0.717) is 46.5 Å². The number of nitrogens with one attached hydrogen (secondary N) is 2. The van der Waals surface area contributed by atoms with Gasteiger partial charge in [0.25, 0.3) is 0 Å². The number of para-hydroxylation sites is 1. The Morgan fingerprint density at radius 2 is 1.95 bits per heavy atom. The molecule has 0 aliphatic heterocycles. The fraction of sp³-hybridized carbons (Fsp3) is 0.207. The Hall–Kier alpha value is -4.64. The van der Waals surface area contributed by atoms with Crippen LogP contribution in [-0.2, 0) is 13.0 Å². The van der Waals surface area contributed by atoms with Gasteiger partial charge in [0, 0.05) is 10.4 Å². The van der Waals surface area contributed by atoms with E-state index < -0.39 is 11.8 Å². The van der Waals surface area contributed by atoms with Crippen LogP contribution in [0.4, 0.5) is 20.5 Å². The van der Waals surface area contributed by atoms with E-state index in [4.69, 9.17) is 9.84 Å². The molecule has 4 N–H and O–H groups in total. The molecule has 0 saturated carbocycles. The van der Waals surface area contributed by atoms with Gasteiger partial charge >= 0.3 is 5.97 Å². The van der Waals surface area contributed by atoms with Gasteiger partial charge in [0.2, 0.25) is 0 Å². The maximum atomic E-state index is 14.2. The molecule has 0 saturated heterocycles. The Morgan fingerprint density at radius 3 is 2.71 bits per heavy atom. The van der Waals surface area contributed by atoms with E-state index in [0.717, 1.165) is 20.9 Å². The Labute approximate surface area is 248 Å². The van der Waals surface area contributed by atoms with Crippen LogP contribution in [0.1, 0.15) is 38.6 Å². The number of aryl methyl sites for hydroxylation is 2. The van der Waals surface area contributed by atoms with Crippen LogP contribution in [0.2, 0.25) is 0 Å². The summed E-state index contributed by atoms with van der Waals surface area (Å²) < 4.78 is 20.9. The van der Waals surface area contributed by atoms with Gasteiger partial charge in [0.15, 0.2) is 33.3 Å². The van der Waals surface area contributed by atoms with Crippen molar-refractivity contribution in [3.05, 3.63) is 81.7 Å². The molecule has 13 heteroatoms. The predicted molar refractivity (Wildman–Crippen MR) is 160 cm³/mol. The molecule has 0 fully saturated rings. The highest BCUT2D eigenvalue weighted by Gasteiger charge is 2.18. The Morgan fingerprint density at radius 1 is 1.10 bits per heavy atom. The molecule has 0 unspecified atom stereocenters. The van der Waals surface area contributed by atoms with Crippen LogP contribution < -0.4 is 15.4 Å². The molecule has 0 aliphatic carbocycles. The minimum absolute atomic E-state index is 0.0295. The molecule has 0 aliphatic rings. The highest BCUT2D eigenvalue weighted by Crippen LogP contribution is 2.29. The van der Waals surface area contributed by atoms with Crippen LogP contribution in [0.5, 0.6) is 5.75 Å². The molecule has 10 nitrogen and oxygen atoms in total. The van der Waals surface area contributed by atoms with E-state index in [1.807, 2.05) is 37.3 Å². The maximum absolute atomic E-state index is 14.2. The van der Waals surface area contributed by atoms with Crippen LogP contribution >= 0.6 is 22.7 Å². The van der Waals surface area contributed by atoms with E-state index >= 15 is 0 Å². The summed E-state index contributed by atoms with van der Waals surface area (Å²) in [5.41, 5.74) is 2.87. The van der Waals surface area contributed by atoms with Crippen molar-refractivity contribution >= 4 is 54.9 Å². The van der Waals surface area contributed by atoms with Crippen LogP contribution in [0.3, 0.4) is 0 Å². The van der Waals surface area contributed by atoms with E-state index in [-0.39, 0.29) is 24.7 Å². The van der Waals surface area contributed by atoms with Crippen molar-refractivity contribution in [2.45, 2.75) is 26.3 Å². The van der Waals surface area contributed by atoms with E-state index in [2.05, 4.69) is 42.6 Å². The summed E-state index contributed by atoms with van der Waals surface area (Å²) in [6, 6.07) is 14.1. The number of carboxylic acids is 1. The van der Waals surface area contributed by atoms with Gasteiger partial charge in [0.1, 0.15) is 6.61 Å². The first kappa shape index (κ1) is 28.9. The lowest BCUT2D eigenvalue weighted by Crippen LogP contribution is -2.06. The fourth-order valence-electron chi connectivity index (χ4n) is 3.96. The van der Waals surface area contributed by atoms with Crippen molar-refractivity contribution in [3.63, 3.8) is 0 Å². The number of fused-ring (bicyclic) bond motifs is 1. The first-order chi connectivity index (χ1) is 20.4. The van der Waals surface area contributed by atoms with Crippen molar-refractivity contribution in [2.24, 2.45) is 0 Å². The van der Waals surface area contributed by atoms with Gasteiger partial charge in [-0.25, -0.2) is 19.2 Å². The Balaban J connectivity index is 1.15. The number of anilines is 3. The average Bonchev–Trinajstić information content (AvgIpc) is 3.59. The zero-order valence-corrected chi connectivity index (χ0v) is 24.0. The molecule has 0 radical (unpaired) electrons. The summed E-state index contributed by atoms with van der Waals surface area (Å²) in [4.78, 5) is 21.2. The SMILES string of the molecule is Cc1cc(CNc2nc(C(=O)O)c(CCCOc3ccc(C#CCO)cc3F)s2)nnc1Nc1nc2ccccc2s1. The summed E-state index contributed by atoms with van der Waals surface area (Å²) in [5, 5.41) is 34.5. The number of aliphatic hydroxyl groups excluding tert-OH is 1. The molecule has 214 valence electrons. The van der Waals surface area contributed by atoms with E-state index in [1.54, 1.807) is 6.07 Å². The smallest absolute Gasteiger partial charge is 0.355 e. The molecule has 0 spiro atoms. The number of aromatic carboxylic acids is 1. The zero-order valence-electron chi connectivity index (χ0n) is 22.3. The molecular formula is C29H25FN6O4S2. The Bertz CT molecular complexity index is 1760. The molecule has 0 bridgehead atoms. The van der Waals surface area contributed by atoms with Gasteiger partial charge in [-0.3, -0.25) is 0 Å². The molecule has 0 amide bonds. The summed E-state index contributed by atoms with van der Waals surface area (Å²) in [5.74, 6) is 4.10. The minimum atomic E-state index is -1.12. The van der Waals surface area contributed by atoms with Crippen molar-refractivity contribution in [1.82, 2.24) is 20.2 Å². The third-order valence-corrected chi connectivity index (χ3v) is 7.95. The number of carboxylic acid groups (broad SMARTS) is 1. The van der Waals surface area contributed by atoms with Crippen molar-refractivity contribution in [3.8, 4) is 17.6 Å². The lowest BCUT2D eigenvalue weighted by Gasteiger charge is -2.07. The number of hydrogen-bond acceptors (Lipinski definition) is 11. The summed E-state index contributed by atoms with van der Waals surface area (Å²) in [7, 11) is 0.